The van der Waals surface area contributed by atoms with Gasteiger partial charge >= 0.3 is 5.97 Å². The summed E-state index contributed by atoms with van der Waals surface area (Å²) in [6.45, 7) is 5.95. The van der Waals surface area contributed by atoms with Gasteiger partial charge < -0.3 is 15.2 Å². The Balaban J connectivity index is 2.16. The molecule has 2 unspecified atom stereocenters. The second kappa shape index (κ2) is 9.15. The monoisotopic (exact) mass is 389 g/mol. The maximum atomic E-state index is 11.8. The van der Waals surface area contributed by atoms with Gasteiger partial charge in [-0.3, -0.25) is 9.00 Å². The standard InChI is InChI=1S/C21H27NO4S/c1-15(23)26-19(17-10-11-18(24)20(12-17)27(4)25)14-22-21(2,3)13-16-8-6-5-7-9-16/h5-12,19,22,24H,13-14H2,1-4H3. The van der Waals surface area contributed by atoms with E-state index in [9.17, 15) is 14.1 Å². The number of carbonyl (C=O) groups excluding carboxylic acids is 1. The molecular formula is C21H27NO4S. The smallest absolute Gasteiger partial charge is 0.303 e. The quantitative estimate of drug-likeness (QED) is 0.677. The molecule has 0 fully saturated rings. The van der Waals surface area contributed by atoms with Crippen LogP contribution >= 0.6 is 0 Å². The third kappa shape index (κ3) is 6.48. The molecule has 0 aliphatic rings. The number of aromatic hydroxyl groups is 1. The van der Waals surface area contributed by atoms with Gasteiger partial charge in [0.25, 0.3) is 0 Å². The molecule has 5 nitrogen and oxygen atoms in total. The molecule has 0 bridgehead atoms. The second-order valence-corrected chi connectivity index (χ2v) is 8.55. The Morgan fingerprint density at radius 2 is 1.89 bits per heavy atom. The Hall–Kier alpha value is -2.18. The van der Waals surface area contributed by atoms with Crippen molar-refractivity contribution in [2.45, 2.75) is 43.7 Å². The Kier molecular flexibility index (Phi) is 7.16. The minimum atomic E-state index is -1.34. The lowest BCUT2D eigenvalue weighted by Crippen LogP contribution is -2.43. The molecule has 27 heavy (non-hydrogen) atoms. The predicted molar refractivity (Wildman–Crippen MR) is 107 cm³/mol. The summed E-state index contributed by atoms with van der Waals surface area (Å²) in [5.41, 5.74) is 1.69. The number of rotatable bonds is 8. The van der Waals surface area contributed by atoms with E-state index in [0.717, 1.165) is 6.42 Å². The molecule has 0 aliphatic carbocycles. The molecule has 0 heterocycles. The molecule has 2 aromatic rings. The summed E-state index contributed by atoms with van der Waals surface area (Å²) >= 11 is 0. The highest BCUT2D eigenvalue weighted by molar-refractivity contribution is 7.84. The first-order valence-corrected chi connectivity index (χ1v) is 10.4. The maximum Gasteiger partial charge on any atom is 0.303 e. The topological polar surface area (TPSA) is 75.6 Å². The third-order valence-electron chi connectivity index (χ3n) is 4.23. The number of hydrogen-bond acceptors (Lipinski definition) is 5. The van der Waals surface area contributed by atoms with Crippen molar-refractivity contribution in [2.75, 3.05) is 12.8 Å². The zero-order valence-corrected chi connectivity index (χ0v) is 17.0. The number of carbonyl (C=O) groups is 1. The molecule has 0 aromatic heterocycles. The second-order valence-electron chi connectivity index (χ2n) is 7.21. The van der Waals surface area contributed by atoms with Crippen molar-refractivity contribution in [3.8, 4) is 5.75 Å². The van der Waals surface area contributed by atoms with Gasteiger partial charge in [0.15, 0.2) is 0 Å². The number of esters is 1. The molecule has 2 N–H and O–H groups in total. The molecule has 0 amide bonds. The minimum absolute atomic E-state index is 0.0291. The summed E-state index contributed by atoms with van der Waals surface area (Å²) in [6, 6.07) is 15.0. The van der Waals surface area contributed by atoms with Crippen LogP contribution in [-0.4, -0.2) is 33.6 Å². The molecule has 2 aromatic carbocycles. The van der Waals surface area contributed by atoms with Crippen molar-refractivity contribution in [1.82, 2.24) is 5.32 Å². The van der Waals surface area contributed by atoms with Gasteiger partial charge in [0.1, 0.15) is 11.9 Å². The Morgan fingerprint density at radius 1 is 1.22 bits per heavy atom. The molecule has 146 valence electrons. The van der Waals surface area contributed by atoms with Crippen LogP contribution in [0.1, 0.15) is 38.0 Å². The summed E-state index contributed by atoms with van der Waals surface area (Å²) in [7, 11) is -1.34. The van der Waals surface area contributed by atoms with Crippen molar-refractivity contribution >= 4 is 16.8 Å². The Labute approximate surface area is 163 Å². The van der Waals surface area contributed by atoms with Gasteiger partial charge in [0.05, 0.1) is 15.7 Å². The highest BCUT2D eigenvalue weighted by atomic mass is 32.2. The zero-order valence-electron chi connectivity index (χ0n) is 16.2. The number of benzene rings is 2. The number of hydrogen-bond donors (Lipinski definition) is 2. The van der Waals surface area contributed by atoms with Crippen LogP contribution in [0.4, 0.5) is 0 Å². The van der Waals surface area contributed by atoms with Gasteiger partial charge in [-0.15, -0.1) is 0 Å². The SMILES string of the molecule is CC(=O)OC(CNC(C)(C)Cc1ccccc1)c1ccc(O)c(S(C)=O)c1. The highest BCUT2D eigenvalue weighted by Gasteiger charge is 2.23. The van der Waals surface area contributed by atoms with E-state index in [1.165, 1.54) is 24.8 Å². The van der Waals surface area contributed by atoms with E-state index >= 15 is 0 Å². The van der Waals surface area contributed by atoms with Crippen LogP contribution in [0.15, 0.2) is 53.4 Å². The fourth-order valence-corrected chi connectivity index (χ4v) is 3.59. The van der Waals surface area contributed by atoms with Crippen LogP contribution in [0.25, 0.3) is 0 Å². The van der Waals surface area contributed by atoms with Gasteiger partial charge in [-0.25, -0.2) is 0 Å². The summed E-state index contributed by atoms with van der Waals surface area (Å²) in [5, 5.41) is 13.3. The molecule has 0 spiro atoms. The largest absolute Gasteiger partial charge is 0.507 e. The van der Waals surface area contributed by atoms with Crippen LogP contribution in [0.5, 0.6) is 5.75 Å². The minimum Gasteiger partial charge on any atom is -0.507 e. The van der Waals surface area contributed by atoms with Gasteiger partial charge in [0, 0.05) is 25.3 Å². The lowest BCUT2D eigenvalue weighted by Gasteiger charge is -2.29. The van der Waals surface area contributed by atoms with Crippen molar-refractivity contribution < 1.29 is 18.8 Å². The zero-order chi connectivity index (χ0) is 20.0. The molecule has 0 aliphatic heterocycles. The number of ether oxygens (including phenoxy) is 1. The van der Waals surface area contributed by atoms with Crippen LogP contribution in [0.3, 0.4) is 0 Å². The van der Waals surface area contributed by atoms with Gasteiger partial charge in [-0.05, 0) is 43.5 Å². The van der Waals surface area contributed by atoms with Crippen LogP contribution in [-0.2, 0) is 26.8 Å². The molecule has 0 radical (unpaired) electrons. The maximum absolute atomic E-state index is 11.8. The Bertz CT molecular complexity index is 805. The van der Waals surface area contributed by atoms with Crippen molar-refractivity contribution in [1.29, 1.82) is 0 Å². The summed E-state index contributed by atoms with van der Waals surface area (Å²) in [5.74, 6) is -0.423. The van der Waals surface area contributed by atoms with Crippen LogP contribution in [0.2, 0.25) is 0 Å². The summed E-state index contributed by atoms with van der Waals surface area (Å²) in [4.78, 5) is 11.9. The van der Waals surface area contributed by atoms with Gasteiger partial charge in [-0.1, -0.05) is 36.4 Å². The van der Waals surface area contributed by atoms with Crippen LogP contribution < -0.4 is 5.32 Å². The molecule has 2 rings (SSSR count). The lowest BCUT2D eigenvalue weighted by molar-refractivity contribution is -0.146. The predicted octanol–water partition coefficient (Wildman–Crippen LogP) is 3.34. The fourth-order valence-electron chi connectivity index (χ4n) is 2.93. The molecule has 2 atom stereocenters. The summed E-state index contributed by atoms with van der Waals surface area (Å²) in [6.07, 6.45) is 1.78. The number of phenols is 1. The van der Waals surface area contributed by atoms with Crippen LogP contribution in [0, 0.1) is 0 Å². The van der Waals surface area contributed by atoms with Crippen molar-refractivity contribution in [3.63, 3.8) is 0 Å². The first-order chi connectivity index (χ1) is 12.7. The average molecular weight is 390 g/mol. The van der Waals surface area contributed by atoms with Gasteiger partial charge in [0.2, 0.25) is 0 Å². The normalized spacial score (nSPS) is 13.8. The van der Waals surface area contributed by atoms with Gasteiger partial charge in [-0.2, -0.15) is 0 Å². The lowest BCUT2D eigenvalue weighted by atomic mass is 9.94. The highest BCUT2D eigenvalue weighted by Crippen LogP contribution is 2.27. The van der Waals surface area contributed by atoms with E-state index in [4.69, 9.17) is 4.74 Å². The van der Waals surface area contributed by atoms with E-state index in [0.29, 0.717) is 17.0 Å². The molecule has 0 saturated heterocycles. The first kappa shape index (κ1) is 21.1. The molecular weight excluding hydrogens is 362 g/mol. The van der Waals surface area contributed by atoms with E-state index in [-0.39, 0.29) is 11.3 Å². The van der Waals surface area contributed by atoms with E-state index in [1.807, 2.05) is 18.2 Å². The van der Waals surface area contributed by atoms with Crippen molar-refractivity contribution in [2.24, 2.45) is 0 Å². The first-order valence-electron chi connectivity index (χ1n) is 8.80. The number of nitrogens with one attached hydrogen (secondary N) is 1. The Morgan fingerprint density at radius 3 is 2.48 bits per heavy atom. The fraction of sp³-hybridized carbons (Fsp3) is 0.381. The number of phenolic OH excluding ortho intramolecular Hbond substituents is 1. The van der Waals surface area contributed by atoms with E-state index in [1.54, 1.807) is 12.1 Å². The van der Waals surface area contributed by atoms with E-state index < -0.39 is 22.9 Å². The van der Waals surface area contributed by atoms with E-state index in [2.05, 4.69) is 31.3 Å². The molecule has 6 heteroatoms. The molecule has 0 saturated carbocycles. The van der Waals surface area contributed by atoms with Crippen molar-refractivity contribution in [3.05, 3.63) is 59.7 Å². The third-order valence-corrected chi connectivity index (χ3v) is 5.17. The average Bonchev–Trinajstić information content (AvgIpc) is 2.59. The summed E-state index contributed by atoms with van der Waals surface area (Å²) < 4.78 is 17.3.